The summed E-state index contributed by atoms with van der Waals surface area (Å²) in [5, 5.41) is 1.11. The van der Waals surface area contributed by atoms with Gasteiger partial charge in [-0.2, -0.15) is 0 Å². The summed E-state index contributed by atoms with van der Waals surface area (Å²) in [5.41, 5.74) is 2.41. The first-order valence-electron chi connectivity index (χ1n) is 5.75. The summed E-state index contributed by atoms with van der Waals surface area (Å²) in [5.74, 6) is 0.623. The van der Waals surface area contributed by atoms with Crippen molar-refractivity contribution >= 4 is 40.6 Å². The zero-order chi connectivity index (χ0) is 14.0. The van der Waals surface area contributed by atoms with Crippen LogP contribution in [0.5, 0.6) is 0 Å². The average Bonchev–Trinajstić information content (AvgIpc) is 2.33. The number of hydrogen-bond acceptors (Lipinski definition) is 2. The molecule has 5 heteroatoms. The Bertz CT molecular complexity index is 599. The third kappa shape index (κ3) is 3.53. The highest BCUT2D eigenvalue weighted by molar-refractivity contribution is 6.42. The summed E-state index contributed by atoms with van der Waals surface area (Å²) < 4.78 is 0. The molecule has 19 heavy (non-hydrogen) atoms. The van der Waals surface area contributed by atoms with Gasteiger partial charge in [-0.15, -0.1) is 0 Å². The van der Waals surface area contributed by atoms with Crippen LogP contribution in [0.4, 0.5) is 5.82 Å². The number of nitrogens with zero attached hydrogens (tertiary/aromatic N) is 2. The number of pyridine rings is 1. The van der Waals surface area contributed by atoms with Crippen LogP contribution in [0.25, 0.3) is 0 Å². The maximum Gasteiger partial charge on any atom is 0.150 e. The molecule has 1 aromatic carbocycles. The minimum absolute atomic E-state index is 0.261. The third-order valence-electron chi connectivity index (χ3n) is 2.73. The van der Waals surface area contributed by atoms with Crippen LogP contribution in [0, 0.1) is 6.92 Å². The Hall–Kier alpha value is -0.960. The molecule has 1 aromatic heterocycles. The zero-order valence-corrected chi connectivity index (χ0v) is 12.9. The quantitative estimate of drug-likeness (QED) is 0.742. The van der Waals surface area contributed by atoms with Gasteiger partial charge in [0, 0.05) is 13.6 Å². The molecule has 0 fully saturated rings. The van der Waals surface area contributed by atoms with Crippen molar-refractivity contribution in [1.29, 1.82) is 0 Å². The smallest absolute Gasteiger partial charge is 0.150 e. The minimum atomic E-state index is 0.261. The Morgan fingerprint density at radius 1 is 1.11 bits per heavy atom. The highest BCUT2D eigenvalue weighted by Crippen LogP contribution is 2.31. The van der Waals surface area contributed by atoms with E-state index in [-0.39, 0.29) is 5.15 Å². The van der Waals surface area contributed by atoms with E-state index in [1.54, 1.807) is 6.07 Å². The number of hydrogen-bond donors (Lipinski definition) is 0. The van der Waals surface area contributed by atoms with Crippen molar-refractivity contribution in [2.45, 2.75) is 13.5 Å². The van der Waals surface area contributed by atoms with Gasteiger partial charge in [0.1, 0.15) is 11.0 Å². The fraction of sp³-hybridized carbons (Fsp3) is 0.214. The molecule has 0 aliphatic carbocycles. The van der Waals surface area contributed by atoms with E-state index < -0.39 is 0 Å². The van der Waals surface area contributed by atoms with Gasteiger partial charge in [0.05, 0.1) is 10.0 Å². The van der Waals surface area contributed by atoms with Gasteiger partial charge in [-0.1, -0.05) is 64.6 Å². The molecule has 2 nitrogen and oxygen atoms in total. The molecule has 1 heterocycles. The number of rotatable bonds is 3. The van der Waals surface area contributed by atoms with Crippen molar-refractivity contribution in [3.8, 4) is 0 Å². The second kappa shape index (κ2) is 6.00. The highest BCUT2D eigenvalue weighted by Gasteiger charge is 2.12. The molecular weight excluding hydrogens is 303 g/mol. The predicted molar refractivity (Wildman–Crippen MR) is 82.6 cm³/mol. The SMILES string of the molecule is Cc1cccc(CN(C)c2nc(Cl)c(Cl)cc2Cl)c1. The first-order valence-corrected chi connectivity index (χ1v) is 6.89. The Morgan fingerprint density at radius 3 is 2.53 bits per heavy atom. The fourth-order valence-corrected chi connectivity index (χ4v) is 2.50. The molecule has 100 valence electrons. The van der Waals surface area contributed by atoms with Gasteiger partial charge >= 0.3 is 0 Å². The summed E-state index contributed by atoms with van der Waals surface area (Å²) in [6.07, 6.45) is 0. The predicted octanol–water partition coefficient (Wildman–Crippen LogP) is 4.99. The molecule has 0 saturated heterocycles. The maximum atomic E-state index is 6.15. The number of aromatic nitrogens is 1. The van der Waals surface area contributed by atoms with Crippen molar-refractivity contribution in [3.63, 3.8) is 0 Å². The van der Waals surface area contributed by atoms with Gasteiger partial charge in [0.2, 0.25) is 0 Å². The maximum absolute atomic E-state index is 6.15. The fourth-order valence-electron chi connectivity index (χ4n) is 1.86. The van der Waals surface area contributed by atoms with E-state index in [1.807, 2.05) is 18.0 Å². The number of anilines is 1. The van der Waals surface area contributed by atoms with Gasteiger partial charge in [-0.3, -0.25) is 0 Å². The second-order valence-corrected chi connectivity index (χ2v) is 5.58. The molecule has 2 aromatic rings. The van der Waals surface area contributed by atoms with Crippen LogP contribution in [-0.2, 0) is 6.54 Å². The highest BCUT2D eigenvalue weighted by atomic mass is 35.5. The summed E-state index contributed by atoms with van der Waals surface area (Å²) in [6, 6.07) is 9.90. The number of benzene rings is 1. The van der Waals surface area contributed by atoms with Gasteiger partial charge in [-0.05, 0) is 18.6 Å². The van der Waals surface area contributed by atoms with E-state index in [4.69, 9.17) is 34.8 Å². The van der Waals surface area contributed by atoms with Crippen molar-refractivity contribution in [2.24, 2.45) is 0 Å². The monoisotopic (exact) mass is 314 g/mol. The van der Waals surface area contributed by atoms with Crippen molar-refractivity contribution in [1.82, 2.24) is 4.98 Å². The zero-order valence-electron chi connectivity index (χ0n) is 10.6. The molecule has 0 amide bonds. The second-order valence-electron chi connectivity index (χ2n) is 4.41. The number of aryl methyl sites for hydroxylation is 1. The van der Waals surface area contributed by atoms with Crippen molar-refractivity contribution in [3.05, 3.63) is 56.7 Å². The van der Waals surface area contributed by atoms with Crippen molar-refractivity contribution in [2.75, 3.05) is 11.9 Å². The molecule has 0 radical (unpaired) electrons. The normalized spacial score (nSPS) is 10.6. The number of halogens is 3. The van der Waals surface area contributed by atoms with E-state index in [0.29, 0.717) is 22.4 Å². The summed E-state index contributed by atoms with van der Waals surface area (Å²) in [4.78, 5) is 6.16. The van der Waals surface area contributed by atoms with Crippen LogP contribution >= 0.6 is 34.8 Å². The largest absolute Gasteiger partial charge is 0.354 e. The Kier molecular flexibility index (Phi) is 4.56. The standard InChI is InChI=1S/C14H13Cl3N2/c1-9-4-3-5-10(6-9)8-19(2)14-12(16)7-11(15)13(17)18-14/h3-7H,8H2,1-2H3. The lowest BCUT2D eigenvalue weighted by Gasteiger charge is -2.20. The lowest BCUT2D eigenvalue weighted by atomic mass is 10.1. The molecule has 0 saturated carbocycles. The molecular formula is C14H13Cl3N2. The molecule has 0 unspecified atom stereocenters. The lowest BCUT2D eigenvalue weighted by Crippen LogP contribution is -2.18. The molecule has 0 bridgehead atoms. The van der Waals surface area contributed by atoms with Crippen LogP contribution in [-0.4, -0.2) is 12.0 Å². The van der Waals surface area contributed by atoms with Gasteiger partial charge in [-0.25, -0.2) is 4.98 Å². The molecule has 0 aliphatic heterocycles. The van der Waals surface area contributed by atoms with Gasteiger partial charge < -0.3 is 4.90 Å². The van der Waals surface area contributed by atoms with Crippen molar-refractivity contribution < 1.29 is 0 Å². The van der Waals surface area contributed by atoms with E-state index in [2.05, 4.69) is 30.1 Å². The van der Waals surface area contributed by atoms with Crippen LogP contribution < -0.4 is 4.90 Å². The van der Waals surface area contributed by atoms with Crippen LogP contribution in [0.1, 0.15) is 11.1 Å². The van der Waals surface area contributed by atoms with E-state index >= 15 is 0 Å². The summed E-state index contributed by atoms with van der Waals surface area (Å²) >= 11 is 18.0. The molecule has 0 atom stereocenters. The van der Waals surface area contributed by atoms with Crippen LogP contribution in [0.15, 0.2) is 30.3 Å². The first-order chi connectivity index (χ1) is 8.97. The molecule has 2 rings (SSSR count). The minimum Gasteiger partial charge on any atom is -0.354 e. The first kappa shape index (κ1) is 14.4. The summed E-state index contributed by atoms with van der Waals surface area (Å²) in [7, 11) is 1.92. The van der Waals surface area contributed by atoms with Gasteiger partial charge in [0.15, 0.2) is 0 Å². The molecule has 0 aliphatic rings. The van der Waals surface area contributed by atoms with E-state index in [9.17, 15) is 0 Å². The van der Waals surface area contributed by atoms with Gasteiger partial charge in [0.25, 0.3) is 0 Å². The Morgan fingerprint density at radius 2 is 1.84 bits per heavy atom. The van der Waals surface area contributed by atoms with E-state index in [0.717, 1.165) is 0 Å². The Balaban J connectivity index is 2.25. The van der Waals surface area contributed by atoms with Crippen LogP contribution in [0.2, 0.25) is 15.2 Å². The lowest BCUT2D eigenvalue weighted by molar-refractivity contribution is 0.897. The Labute approximate surface area is 127 Å². The van der Waals surface area contributed by atoms with Crippen LogP contribution in [0.3, 0.4) is 0 Å². The van der Waals surface area contributed by atoms with E-state index in [1.165, 1.54) is 11.1 Å². The molecule has 0 N–H and O–H groups in total. The third-order valence-corrected chi connectivity index (χ3v) is 3.68. The topological polar surface area (TPSA) is 16.1 Å². The summed E-state index contributed by atoms with van der Waals surface area (Å²) in [6.45, 7) is 2.76. The average molecular weight is 316 g/mol. The molecule has 0 spiro atoms.